The average Bonchev–Trinajstić information content (AvgIpc) is 2.69. The highest BCUT2D eigenvalue weighted by Gasteiger charge is 2.09. The summed E-state index contributed by atoms with van der Waals surface area (Å²) in [4.78, 5) is 64.5. The molecule has 34 heavy (non-hydrogen) atoms. The Hall–Kier alpha value is -2.05. The molecular weight excluding hydrogens is 459 g/mol. The van der Waals surface area contributed by atoms with Crippen LogP contribution >= 0.6 is 0 Å². The molecule has 0 aliphatic rings. The fraction of sp³-hybridized carbons (Fsp3) is 0.750. The van der Waals surface area contributed by atoms with Gasteiger partial charge in [0.15, 0.2) is 17.4 Å². The van der Waals surface area contributed by atoms with Crippen molar-refractivity contribution in [1.29, 1.82) is 0 Å². The van der Waals surface area contributed by atoms with E-state index in [1.807, 2.05) is 20.8 Å². The van der Waals surface area contributed by atoms with E-state index >= 15 is 0 Å². The van der Waals surface area contributed by atoms with Crippen LogP contribution in [0.25, 0.3) is 0 Å². The summed E-state index contributed by atoms with van der Waals surface area (Å²) in [6, 6.07) is 0. The molecule has 0 aliphatic carbocycles. The molecule has 0 bridgehead atoms. The van der Waals surface area contributed by atoms with Crippen LogP contribution in [0.1, 0.15) is 99.3 Å². The van der Waals surface area contributed by atoms with Crippen LogP contribution in [0.5, 0.6) is 0 Å². The Kier molecular flexibility index (Phi) is 33.4. The fourth-order valence-corrected chi connectivity index (χ4v) is 2.22. The van der Waals surface area contributed by atoms with Gasteiger partial charge in [-0.15, -0.1) is 0 Å². The molecule has 0 saturated carbocycles. The maximum Gasteiger partial charge on any atom is 0.313 e. The van der Waals surface area contributed by atoms with E-state index in [0.717, 1.165) is 19.3 Å². The quantitative estimate of drug-likeness (QED) is 0.143. The van der Waals surface area contributed by atoms with Crippen LogP contribution in [0, 0.1) is 0 Å². The number of carbonyl (C=O) groups is 6. The van der Waals surface area contributed by atoms with E-state index in [4.69, 9.17) is 0 Å². The van der Waals surface area contributed by atoms with Gasteiger partial charge in [0.05, 0.1) is 19.8 Å². The molecule has 198 valence electrons. The van der Waals surface area contributed by atoms with Gasteiger partial charge in [0.25, 0.3) is 0 Å². The van der Waals surface area contributed by atoms with E-state index in [9.17, 15) is 28.8 Å². The van der Waals surface area contributed by atoms with E-state index in [-0.39, 0.29) is 54.0 Å². The Bertz CT molecular complexity index is 460. The highest BCUT2D eigenvalue weighted by atomic mass is 27.0. The molecule has 0 atom stereocenters. The minimum Gasteiger partial charge on any atom is -0.466 e. The predicted molar refractivity (Wildman–Crippen MR) is 133 cm³/mol. The molecule has 0 N–H and O–H groups in total. The van der Waals surface area contributed by atoms with Gasteiger partial charge in [-0.1, -0.05) is 20.8 Å². The normalized spacial score (nSPS) is 9.00. The fourth-order valence-electron chi connectivity index (χ4n) is 2.22. The minimum atomic E-state index is -0.411. The van der Waals surface area contributed by atoms with Crippen molar-refractivity contribution in [3.63, 3.8) is 0 Å². The molecule has 0 aliphatic heterocycles. The SMILES string of the molecule is CCCC(=O)CC(=O)OCC.CCCC(=O)CC(=O)OCC.CCCC(=O)CC(=O)OCC.[AlH3]. The van der Waals surface area contributed by atoms with E-state index in [0.29, 0.717) is 39.1 Å². The zero-order valence-corrected chi connectivity index (χ0v) is 21.2. The van der Waals surface area contributed by atoms with Gasteiger partial charge in [-0.05, 0) is 40.0 Å². The Balaban J connectivity index is -0.000000196. The average molecular weight is 505 g/mol. The molecule has 0 aromatic heterocycles. The summed E-state index contributed by atoms with van der Waals surface area (Å²) in [5, 5.41) is 0. The van der Waals surface area contributed by atoms with E-state index in [1.54, 1.807) is 20.8 Å². The van der Waals surface area contributed by atoms with E-state index in [2.05, 4.69) is 14.2 Å². The van der Waals surface area contributed by atoms with Crippen molar-refractivity contribution in [2.24, 2.45) is 0 Å². The predicted octanol–water partition coefficient (Wildman–Crippen LogP) is 2.74. The first-order chi connectivity index (χ1) is 15.6. The summed E-state index contributed by atoms with van der Waals surface area (Å²) < 4.78 is 13.8. The molecule has 0 fully saturated rings. The third-order valence-electron chi connectivity index (χ3n) is 3.53. The smallest absolute Gasteiger partial charge is 0.313 e. The monoisotopic (exact) mass is 504 g/mol. The number of hydrogen-bond acceptors (Lipinski definition) is 9. The first-order valence-corrected chi connectivity index (χ1v) is 11.6. The molecule has 0 heterocycles. The first kappa shape index (κ1) is 39.2. The van der Waals surface area contributed by atoms with Gasteiger partial charge < -0.3 is 14.2 Å². The Morgan fingerprint density at radius 3 is 0.794 bits per heavy atom. The van der Waals surface area contributed by atoms with Crippen molar-refractivity contribution < 1.29 is 43.0 Å². The van der Waals surface area contributed by atoms with Gasteiger partial charge in [0.2, 0.25) is 0 Å². The third-order valence-corrected chi connectivity index (χ3v) is 3.53. The second kappa shape index (κ2) is 29.0. The van der Waals surface area contributed by atoms with Crippen molar-refractivity contribution in [3.05, 3.63) is 0 Å². The number of hydrogen-bond donors (Lipinski definition) is 0. The highest BCUT2D eigenvalue weighted by molar-refractivity contribution is 5.96. The van der Waals surface area contributed by atoms with Crippen LogP contribution < -0.4 is 0 Å². The van der Waals surface area contributed by atoms with Crippen molar-refractivity contribution in [2.75, 3.05) is 19.8 Å². The maximum atomic E-state index is 10.8. The lowest BCUT2D eigenvalue weighted by Gasteiger charge is -1.98. The maximum absolute atomic E-state index is 10.8. The van der Waals surface area contributed by atoms with Crippen molar-refractivity contribution >= 4 is 52.6 Å². The molecule has 0 aromatic carbocycles. The zero-order chi connectivity index (χ0) is 26.1. The van der Waals surface area contributed by atoms with Gasteiger partial charge in [-0.2, -0.15) is 0 Å². The second-order valence-electron chi connectivity index (χ2n) is 6.81. The Morgan fingerprint density at radius 1 is 0.441 bits per heavy atom. The molecule has 0 unspecified atom stereocenters. The van der Waals surface area contributed by atoms with Crippen LogP contribution in [-0.4, -0.2) is 72.4 Å². The van der Waals surface area contributed by atoms with Gasteiger partial charge in [-0.25, -0.2) is 0 Å². The summed E-state index contributed by atoms with van der Waals surface area (Å²) in [5.41, 5.74) is 0. The topological polar surface area (TPSA) is 130 Å². The lowest BCUT2D eigenvalue weighted by Crippen LogP contribution is -2.10. The Morgan fingerprint density at radius 2 is 0.647 bits per heavy atom. The van der Waals surface area contributed by atoms with Gasteiger partial charge >= 0.3 is 17.9 Å². The lowest BCUT2D eigenvalue weighted by atomic mass is 10.2. The van der Waals surface area contributed by atoms with Gasteiger partial charge in [0, 0.05) is 19.3 Å². The van der Waals surface area contributed by atoms with Gasteiger partial charge in [0.1, 0.15) is 36.6 Å². The molecular formula is C24H45AlO9. The number of ether oxygens (including phenoxy) is 3. The van der Waals surface area contributed by atoms with Crippen LogP contribution in [0.3, 0.4) is 0 Å². The zero-order valence-electron chi connectivity index (χ0n) is 21.2. The van der Waals surface area contributed by atoms with Crippen LogP contribution in [0.2, 0.25) is 0 Å². The summed E-state index contributed by atoms with van der Waals surface area (Å²) in [7, 11) is 0. The standard InChI is InChI=1S/3C8H14O3.Al.3H/c3*1-3-5-7(9)6-8(10)11-4-2;;;;/h3*3-6H2,1-2H3;;;;. The molecule has 0 aromatic rings. The number of carbonyl (C=O) groups excluding carboxylic acids is 6. The third kappa shape index (κ3) is 32.1. The molecule has 0 rings (SSSR count). The summed E-state index contributed by atoms with van der Waals surface area (Å²) in [5.74, 6) is -1.34. The first-order valence-electron chi connectivity index (χ1n) is 11.6. The molecule has 0 radical (unpaired) electrons. The molecule has 0 spiro atoms. The Labute approximate surface area is 214 Å². The van der Waals surface area contributed by atoms with Crippen LogP contribution in [0.15, 0.2) is 0 Å². The number of Topliss-reactive ketones (excluding diaryl/α,β-unsaturated/α-hetero) is 3. The minimum absolute atomic E-state index is 0. The van der Waals surface area contributed by atoms with Crippen LogP contribution in [-0.2, 0) is 43.0 Å². The van der Waals surface area contributed by atoms with Crippen molar-refractivity contribution in [3.8, 4) is 0 Å². The molecule has 10 heteroatoms. The van der Waals surface area contributed by atoms with Crippen molar-refractivity contribution in [1.82, 2.24) is 0 Å². The molecule has 9 nitrogen and oxygen atoms in total. The number of esters is 3. The molecule has 0 saturated heterocycles. The van der Waals surface area contributed by atoms with Gasteiger partial charge in [-0.3, -0.25) is 28.8 Å². The highest BCUT2D eigenvalue weighted by Crippen LogP contribution is 1.97. The number of rotatable bonds is 15. The summed E-state index contributed by atoms with van der Waals surface area (Å²) >= 11 is 0. The van der Waals surface area contributed by atoms with E-state index in [1.165, 1.54) is 0 Å². The second-order valence-corrected chi connectivity index (χ2v) is 6.81. The van der Waals surface area contributed by atoms with E-state index < -0.39 is 17.9 Å². The molecule has 0 amide bonds. The number of ketones is 3. The summed E-state index contributed by atoms with van der Waals surface area (Å²) in [6.07, 6.45) is 3.58. The largest absolute Gasteiger partial charge is 0.466 e. The summed E-state index contributed by atoms with van der Waals surface area (Å²) in [6.45, 7) is 11.9. The van der Waals surface area contributed by atoms with Crippen LogP contribution in [0.4, 0.5) is 0 Å². The van der Waals surface area contributed by atoms with Crippen molar-refractivity contribution in [2.45, 2.75) is 99.3 Å². The lowest BCUT2D eigenvalue weighted by molar-refractivity contribution is -0.147.